The third-order valence-electron chi connectivity index (χ3n) is 4.57. The average molecular weight is 531 g/mol. The number of fused-ring (bicyclic) bond motifs is 1. The molecule has 0 aliphatic heterocycles. The minimum absolute atomic E-state index is 0.363. The minimum atomic E-state index is -0.363. The van der Waals surface area contributed by atoms with E-state index in [1.807, 2.05) is 48.5 Å². The number of hydrogen-bond acceptors (Lipinski definition) is 4. The van der Waals surface area contributed by atoms with E-state index in [0.717, 1.165) is 20.9 Å². The molecule has 0 unspecified atom stereocenters. The van der Waals surface area contributed by atoms with Crippen LogP contribution < -0.4 is 16.0 Å². The number of hydrogen-bond donors (Lipinski definition) is 3. The summed E-state index contributed by atoms with van der Waals surface area (Å²) >= 11 is 15.5. The summed E-state index contributed by atoms with van der Waals surface area (Å²) in [6.07, 6.45) is 0. The molecule has 1 heterocycles. The fourth-order valence-corrected chi connectivity index (χ4v) is 3.94. The molecule has 0 radical (unpaired) electrons. The highest BCUT2D eigenvalue weighted by atomic mass is 79.9. The molecule has 6 nitrogen and oxygen atoms in total. The van der Waals surface area contributed by atoms with E-state index in [-0.39, 0.29) is 6.03 Å². The predicted octanol–water partition coefficient (Wildman–Crippen LogP) is 6.60. The third-order valence-corrected chi connectivity index (χ3v) is 5.61. The van der Waals surface area contributed by atoms with Crippen molar-refractivity contribution in [2.24, 2.45) is 0 Å². The smallest absolute Gasteiger partial charge is 0.319 e. The van der Waals surface area contributed by atoms with Gasteiger partial charge in [-0.1, -0.05) is 63.4 Å². The van der Waals surface area contributed by atoms with Crippen molar-refractivity contribution in [2.75, 3.05) is 23.7 Å². The molecule has 0 saturated carbocycles. The molecule has 9 heteroatoms. The molecule has 0 fully saturated rings. The number of amides is 2. The molecular weight excluding hydrogens is 513 g/mol. The van der Waals surface area contributed by atoms with E-state index in [1.165, 1.54) is 0 Å². The van der Waals surface area contributed by atoms with Crippen molar-refractivity contribution in [3.8, 4) is 11.4 Å². The average Bonchev–Trinajstić information content (AvgIpc) is 2.78. The van der Waals surface area contributed by atoms with Gasteiger partial charge >= 0.3 is 6.03 Å². The van der Waals surface area contributed by atoms with Crippen LogP contribution in [0.5, 0.6) is 0 Å². The molecule has 0 atom stereocenters. The standard InChI is InChI=1S/C23H18BrCl2N5O/c24-15-5-3-4-14(12-15)21-29-19-7-2-1-6-17(19)22(31-21)27-10-11-28-23(32)30-20-9-8-16(25)13-18(20)26/h1-9,12-13H,10-11H2,(H,27,29,31)(H2,28,30,32). The molecule has 32 heavy (non-hydrogen) atoms. The number of aromatic nitrogens is 2. The molecule has 4 aromatic rings. The van der Waals surface area contributed by atoms with E-state index in [9.17, 15) is 4.79 Å². The van der Waals surface area contributed by atoms with Gasteiger partial charge in [-0.2, -0.15) is 0 Å². The number of carbonyl (C=O) groups is 1. The Bertz CT molecular complexity index is 1280. The lowest BCUT2D eigenvalue weighted by Gasteiger charge is -2.12. The summed E-state index contributed by atoms with van der Waals surface area (Å²) in [5, 5.41) is 10.6. The van der Waals surface area contributed by atoms with Gasteiger partial charge in [-0.3, -0.25) is 0 Å². The number of halogens is 3. The van der Waals surface area contributed by atoms with E-state index in [2.05, 4.69) is 31.9 Å². The van der Waals surface area contributed by atoms with Crippen LogP contribution in [0, 0.1) is 0 Å². The Morgan fingerprint density at radius 3 is 2.59 bits per heavy atom. The van der Waals surface area contributed by atoms with Gasteiger partial charge in [0.2, 0.25) is 0 Å². The van der Waals surface area contributed by atoms with E-state index >= 15 is 0 Å². The van der Waals surface area contributed by atoms with Crippen molar-refractivity contribution in [1.82, 2.24) is 15.3 Å². The number of anilines is 2. The Balaban J connectivity index is 1.43. The zero-order valence-corrected chi connectivity index (χ0v) is 19.8. The van der Waals surface area contributed by atoms with Crippen molar-refractivity contribution in [1.29, 1.82) is 0 Å². The van der Waals surface area contributed by atoms with Crippen LogP contribution in [0.3, 0.4) is 0 Å². The number of benzene rings is 3. The lowest BCUT2D eigenvalue weighted by molar-refractivity contribution is 0.252. The maximum Gasteiger partial charge on any atom is 0.319 e. The summed E-state index contributed by atoms with van der Waals surface area (Å²) in [4.78, 5) is 21.6. The molecule has 0 aliphatic rings. The fraction of sp³-hybridized carbons (Fsp3) is 0.0870. The van der Waals surface area contributed by atoms with E-state index in [0.29, 0.717) is 40.5 Å². The highest BCUT2D eigenvalue weighted by molar-refractivity contribution is 9.10. The first kappa shape index (κ1) is 22.3. The lowest BCUT2D eigenvalue weighted by atomic mass is 10.2. The van der Waals surface area contributed by atoms with Crippen LogP contribution in [0.25, 0.3) is 22.3 Å². The van der Waals surface area contributed by atoms with Gasteiger partial charge in [0.1, 0.15) is 5.82 Å². The molecule has 2 amide bonds. The van der Waals surface area contributed by atoms with Gasteiger partial charge in [-0.05, 0) is 42.5 Å². The van der Waals surface area contributed by atoms with Gasteiger partial charge < -0.3 is 16.0 Å². The Kier molecular flexibility index (Phi) is 7.09. The van der Waals surface area contributed by atoms with Crippen LogP contribution in [-0.4, -0.2) is 29.1 Å². The summed E-state index contributed by atoms with van der Waals surface area (Å²) < 4.78 is 0.956. The SMILES string of the molecule is O=C(NCCNc1nc(-c2cccc(Br)c2)nc2ccccc12)Nc1ccc(Cl)cc1Cl. The van der Waals surface area contributed by atoms with Crippen LogP contribution in [0.4, 0.5) is 16.3 Å². The van der Waals surface area contributed by atoms with Crippen molar-refractivity contribution >= 4 is 67.6 Å². The minimum Gasteiger partial charge on any atom is -0.368 e. The van der Waals surface area contributed by atoms with Gasteiger partial charge in [-0.15, -0.1) is 0 Å². The second-order valence-corrected chi connectivity index (χ2v) is 8.61. The molecule has 3 N–H and O–H groups in total. The predicted molar refractivity (Wildman–Crippen MR) is 135 cm³/mol. The number of rotatable bonds is 6. The Morgan fingerprint density at radius 2 is 1.78 bits per heavy atom. The molecule has 1 aromatic heterocycles. The first-order valence-electron chi connectivity index (χ1n) is 9.76. The molecule has 3 aromatic carbocycles. The summed E-state index contributed by atoms with van der Waals surface area (Å²) in [5.74, 6) is 1.32. The lowest BCUT2D eigenvalue weighted by Crippen LogP contribution is -2.32. The first-order valence-corrected chi connectivity index (χ1v) is 11.3. The fourth-order valence-electron chi connectivity index (χ4n) is 3.08. The topological polar surface area (TPSA) is 78.9 Å². The van der Waals surface area contributed by atoms with Gasteiger partial charge in [0.15, 0.2) is 5.82 Å². The maximum atomic E-state index is 12.2. The van der Waals surface area contributed by atoms with Crippen molar-refractivity contribution in [3.05, 3.63) is 81.2 Å². The largest absolute Gasteiger partial charge is 0.368 e. The van der Waals surface area contributed by atoms with Crippen LogP contribution in [-0.2, 0) is 0 Å². The van der Waals surface area contributed by atoms with Gasteiger partial charge in [-0.25, -0.2) is 14.8 Å². The molecule has 0 aliphatic carbocycles. The summed E-state index contributed by atoms with van der Waals surface area (Å²) in [6.45, 7) is 0.849. The molecule has 0 spiro atoms. The number of nitrogens with zero attached hydrogens (tertiary/aromatic N) is 2. The van der Waals surface area contributed by atoms with Crippen LogP contribution in [0.1, 0.15) is 0 Å². The summed E-state index contributed by atoms with van der Waals surface area (Å²) in [7, 11) is 0. The van der Waals surface area contributed by atoms with Crippen molar-refractivity contribution in [2.45, 2.75) is 0 Å². The maximum absolute atomic E-state index is 12.2. The monoisotopic (exact) mass is 529 g/mol. The van der Waals surface area contributed by atoms with Crippen molar-refractivity contribution in [3.63, 3.8) is 0 Å². The molecule has 162 valence electrons. The summed E-state index contributed by atoms with van der Waals surface area (Å²) in [5.41, 5.74) is 2.23. The van der Waals surface area contributed by atoms with Gasteiger partial charge in [0.25, 0.3) is 0 Å². The van der Waals surface area contributed by atoms with E-state index in [1.54, 1.807) is 18.2 Å². The van der Waals surface area contributed by atoms with Gasteiger partial charge in [0, 0.05) is 33.5 Å². The Labute approximate surface area is 203 Å². The zero-order chi connectivity index (χ0) is 22.5. The van der Waals surface area contributed by atoms with Crippen LogP contribution in [0.2, 0.25) is 10.0 Å². The van der Waals surface area contributed by atoms with Gasteiger partial charge in [0.05, 0.1) is 16.2 Å². The molecule has 0 bridgehead atoms. The second-order valence-electron chi connectivity index (χ2n) is 6.86. The quantitative estimate of drug-likeness (QED) is 0.245. The number of urea groups is 1. The van der Waals surface area contributed by atoms with Crippen molar-refractivity contribution < 1.29 is 4.79 Å². The third kappa shape index (κ3) is 5.48. The normalized spacial score (nSPS) is 10.7. The first-order chi connectivity index (χ1) is 15.5. The van der Waals surface area contributed by atoms with Crippen LogP contribution >= 0.6 is 39.1 Å². The van der Waals surface area contributed by atoms with E-state index < -0.39 is 0 Å². The molecule has 0 saturated heterocycles. The zero-order valence-electron chi connectivity index (χ0n) is 16.7. The second kappa shape index (κ2) is 10.2. The number of carbonyl (C=O) groups excluding carboxylic acids is 1. The highest BCUT2D eigenvalue weighted by Gasteiger charge is 2.10. The summed E-state index contributed by atoms with van der Waals surface area (Å²) in [6, 6.07) is 20.2. The molecular formula is C23H18BrCl2N5O. The highest BCUT2D eigenvalue weighted by Crippen LogP contribution is 2.27. The Morgan fingerprint density at radius 1 is 0.938 bits per heavy atom. The molecule has 4 rings (SSSR count). The number of nitrogens with one attached hydrogen (secondary N) is 3. The van der Waals surface area contributed by atoms with E-state index in [4.69, 9.17) is 33.2 Å². The number of para-hydroxylation sites is 1. The Hall–Kier alpha value is -2.87. The van der Waals surface area contributed by atoms with Crippen LogP contribution in [0.15, 0.2) is 71.2 Å².